The summed E-state index contributed by atoms with van der Waals surface area (Å²) >= 11 is 0. The van der Waals surface area contributed by atoms with E-state index in [1.165, 1.54) is 41.5 Å². The van der Waals surface area contributed by atoms with Gasteiger partial charge < -0.3 is 15.1 Å². The molecular formula is C26H26FN3O4. The van der Waals surface area contributed by atoms with Crippen LogP contribution in [0.2, 0.25) is 0 Å². The summed E-state index contributed by atoms with van der Waals surface area (Å²) in [5.74, 6) is -1.80. The van der Waals surface area contributed by atoms with Gasteiger partial charge in [-0.05, 0) is 54.8 Å². The van der Waals surface area contributed by atoms with Crippen molar-refractivity contribution in [1.82, 2.24) is 10.6 Å². The van der Waals surface area contributed by atoms with Gasteiger partial charge >= 0.3 is 0 Å². The Balaban J connectivity index is 1.65. The quantitative estimate of drug-likeness (QED) is 0.529. The highest BCUT2D eigenvalue weighted by Gasteiger charge is 2.34. The summed E-state index contributed by atoms with van der Waals surface area (Å²) in [4.78, 5) is 40.6. The summed E-state index contributed by atoms with van der Waals surface area (Å²) in [5, 5.41) is 5.61. The summed E-state index contributed by atoms with van der Waals surface area (Å²) in [5.41, 5.74) is 0.946. The first-order valence-corrected chi connectivity index (χ1v) is 11.3. The van der Waals surface area contributed by atoms with Crippen molar-refractivity contribution >= 4 is 23.4 Å². The molecule has 0 saturated heterocycles. The summed E-state index contributed by atoms with van der Waals surface area (Å²) in [6.07, 6.45) is 5.22. The number of anilines is 1. The minimum absolute atomic E-state index is 0.0440. The third-order valence-electron chi connectivity index (χ3n) is 5.84. The number of halogens is 1. The normalized spacial score (nSPS) is 14.4. The number of carbonyl (C=O) groups excluding carboxylic acids is 3. The van der Waals surface area contributed by atoms with Crippen LogP contribution in [-0.4, -0.2) is 30.3 Å². The molecule has 4 rings (SSSR count). The standard InChI is InChI=1S/C26H26FN3O4/c27-19-12-14-21(15-13-19)30(23(31)17-28-25(32)22-11-6-16-34-22)24(18-7-2-1-3-8-18)26(33)29-20-9-4-5-10-20/h1-3,6-8,11-16,20,24H,4-5,9-10,17H2,(H,28,32)(H,29,33)/t24-/m0/s1. The lowest BCUT2D eigenvalue weighted by atomic mass is 10.0. The first-order valence-electron chi connectivity index (χ1n) is 11.3. The molecule has 0 unspecified atom stereocenters. The highest BCUT2D eigenvalue weighted by atomic mass is 19.1. The molecule has 2 N–H and O–H groups in total. The van der Waals surface area contributed by atoms with Crippen LogP contribution in [0.3, 0.4) is 0 Å². The first kappa shape index (κ1) is 23.2. The van der Waals surface area contributed by atoms with Gasteiger partial charge in [-0.1, -0.05) is 43.2 Å². The van der Waals surface area contributed by atoms with Crippen LogP contribution >= 0.6 is 0 Å². The van der Waals surface area contributed by atoms with Crippen LogP contribution in [0.5, 0.6) is 0 Å². The molecule has 1 aliphatic carbocycles. The third kappa shape index (κ3) is 5.51. The van der Waals surface area contributed by atoms with Crippen molar-refractivity contribution in [2.75, 3.05) is 11.4 Å². The van der Waals surface area contributed by atoms with Crippen LogP contribution in [0.1, 0.15) is 47.8 Å². The Morgan fingerprint density at radius 3 is 2.32 bits per heavy atom. The molecule has 0 spiro atoms. The smallest absolute Gasteiger partial charge is 0.287 e. The molecule has 176 valence electrons. The highest BCUT2D eigenvalue weighted by molar-refractivity contribution is 6.04. The van der Waals surface area contributed by atoms with Crippen LogP contribution in [0.15, 0.2) is 77.4 Å². The Bertz CT molecular complexity index is 1110. The van der Waals surface area contributed by atoms with Gasteiger partial charge in [0.15, 0.2) is 5.76 Å². The van der Waals surface area contributed by atoms with Gasteiger partial charge in [0.25, 0.3) is 5.91 Å². The fourth-order valence-corrected chi connectivity index (χ4v) is 4.18. The molecule has 0 bridgehead atoms. The van der Waals surface area contributed by atoms with Crippen molar-refractivity contribution < 1.29 is 23.2 Å². The number of rotatable bonds is 8. The molecule has 1 saturated carbocycles. The lowest BCUT2D eigenvalue weighted by Gasteiger charge is -2.32. The predicted octanol–water partition coefficient (Wildman–Crippen LogP) is 3.98. The maximum atomic E-state index is 13.7. The topological polar surface area (TPSA) is 91.7 Å². The SMILES string of the molecule is O=C(NCC(=O)N(c1ccc(F)cc1)[C@H](C(=O)NC1CCCC1)c1ccccc1)c1ccco1. The molecule has 8 heteroatoms. The minimum Gasteiger partial charge on any atom is -0.459 e. The molecule has 3 aromatic rings. The van der Waals surface area contributed by atoms with E-state index in [-0.39, 0.29) is 24.3 Å². The fourth-order valence-electron chi connectivity index (χ4n) is 4.18. The van der Waals surface area contributed by atoms with Crippen LogP contribution < -0.4 is 15.5 Å². The van der Waals surface area contributed by atoms with Gasteiger partial charge in [-0.15, -0.1) is 0 Å². The second kappa shape index (κ2) is 10.8. The van der Waals surface area contributed by atoms with Crippen molar-refractivity contribution in [2.24, 2.45) is 0 Å². The van der Waals surface area contributed by atoms with Crippen molar-refractivity contribution in [1.29, 1.82) is 0 Å². The van der Waals surface area contributed by atoms with Crippen LogP contribution in [0.25, 0.3) is 0 Å². The number of amides is 3. The van der Waals surface area contributed by atoms with Gasteiger partial charge in [0.1, 0.15) is 11.9 Å². The Labute approximate surface area is 196 Å². The number of nitrogens with one attached hydrogen (secondary N) is 2. The molecule has 1 heterocycles. The van der Waals surface area contributed by atoms with E-state index in [0.29, 0.717) is 11.3 Å². The van der Waals surface area contributed by atoms with Crippen LogP contribution in [0.4, 0.5) is 10.1 Å². The van der Waals surface area contributed by atoms with Crippen molar-refractivity contribution in [3.05, 3.63) is 90.1 Å². The summed E-state index contributed by atoms with van der Waals surface area (Å²) in [6.45, 7) is -0.378. The minimum atomic E-state index is -1.000. The van der Waals surface area contributed by atoms with Gasteiger partial charge in [0.2, 0.25) is 11.8 Å². The Morgan fingerprint density at radius 1 is 0.971 bits per heavy atom. The molecule has 1 atom stereocenters. The Kier molecular flexibility index (Phi) is 7.37. The number of benzene rings is 2. The van der Waals surface area contributed by atoms with Crippen LogP contribution in [-0.2, 0) is 9.59 Å². The predicted molar refractivity (Wildman–Crippen MR) is 125 cm³/mol. The lowest BCUT2D eigenvalue weighted by molar-refractivity contribution is -0.126. The number of carbonyl (C=O) groups is 3. The van der Waals surface area contributed by atoms with Crippen LogP contribution in [0, 0.1) is 5.82 Å². The van der Waals surface area contributed by atoms with Gasteiger partial charge in [-0.25, -0.2) is 4.39 Å². The molecule has 34 heavy (non-hydrogen) atoms. The molecule has 2 aromatic carbocycles. The van der Waals surface area contributed by atoms with Gasteiger partial charge in [-0.3, -0.25) is 19.3 Å². The summed E-state index contributed by atoms with van der Waals surface area (Å²) < 4.78 is 18.7. The van der Waals surface area contributed by atoms with E-state index < -0.39 is 23.7 Å². The average molecular weight is 464 g/mol. The number of furan rings is 1. The van der Waals surface area contributed by atoms with Gasteiger partial charge in [-0.2, -0.15) is 0 Å². The lowest BCUT2D eigenvalue weighted by Crippen LogP contribution is -2.49. The first-order chi connectivity index (χ1) is 16.5. The Hall–Kier alpha value is -3.94. The van der Waals surface area contributed by atoms with Crippen molar-refractivity contribution in [3.8, 4) is 0 Å². The zero-order chi connectivity index (χ0) is 23.9. The van der Waals surface area contributed by atoms with E-state index >= 15 is 0 Å². The van der Waals surface area contributed by atoms with E-state index in [0.717, 1.165) is 25.7 Å². The van der Waals surface area contributed by atoms with Gasteiger partial charge in [0.05, 0.1) is 12.8 Å². The zero-order valence-electron chi connectivity index (χ0n) is 18.6. The Morgan fingerprint density at radius 2 is 1.68 bits per heavy atom. The van der Waals surface area contributed by atoms with E-state index in [9.17, 15) is 18.8 Å². The van der Waals surface area contributed by atoms with E-state index in [1.807, 2.05) is 6.07 Å². The highest BCUT2D eigenvalue weighted by Crippen LogP contribution is 2.29. The molecule has 3 amide bonds. The molecule has 1 fully saturated rings. The number of hydrogen-bond donors (Lipinski definition) is 2. The molecule has 1 aliphatic rings. The molecular weight excluding hydrogens is 437 g/mol. The fraction of sp³-hybridized carbons (Fsp3) is 0.269. The summed E-state index contributed by atoms with van der Waals surface area (Å²) in [7, 11) is 0. The molecule has 0 radical (unpaired) electrons. The molecule has 7 nitrogen and oxygen atoms in total. The van der Waals surface area contributed by atoms with Crippen molar-refractivity contribution in [2.45, 2.75) is 37.8 Å². The second-order valence-electron chi connectivity index (χ2n) is 8.20. The largest absolute Gasteiger partial charge is 0.459 e. The monoisotopic (exact) mass is 463 g/mol. The third-order valence-corrected chi connectivity index (χ3v) is 5.84. The molecule has 0 aliphatic heterocycles. The number of hydrogen-bond acceptors (Lipinski definition) is 4. The van der Waals surface area contributed by atoms with E-state index in [4.69, 9.17) is 4.42 Å². The average Bonchev–Trinajstić information content (AvgIpc) is 3.57. The van der Waals surface area contributed by atoms with Crippen molar-refractivity contribution in [3.63, 3.8) is 0 Å². The maximum Gasteiger partial charge on any atom is 0.287 e. The second-order valence-corrected chi connectivity index (χ2v) is 8.20. The summed E-state index contributed by atoms with van der Waals surface area (Å²) in [6, 6.07) is 16.4. The molecule has 1 aromatic heterocycles. The van der Waals surface area contributed by atoms with E-state index in [2.05, 4.69) is 10.6 Å². The zero-order valence-corrected chi connectivity index (χ0v) is 18.6. The maximum absolute atomic E-state index is 13.7. The van der Waals surface area contributed by atoms with Gasteiger partial charge in [0, 0.05) is 11.7 Å². The number of nitrogens with zero attached hydrogens (tertiary/aromatic N) is 1. The van der Waals surface area contributed by atoms with E-state index in [1.54, 1.807) is 30.3 Å².